The molecule has 0 fully saturated rings. The quantitative estimate of drug-likeness (QED) is 0.381. The Balaban J connectivity index is 2.56. The first-order valence-electron chi connectivity index (χ1n) is 5.80. The SMILES string of the molecule is NC(=O)CCCNC(=O)Nc1cccc(C(=O)O)c1O. The van der Waals surface area contributed by atoms with Crippen molar-refractivity contribution in [2.45, 2.75) is 12.8 Å². The lowest BCUT2D eigenvalue weighted by Gasteiger charge is -2.10. The zero-order valence-corrected chi connectivity index (χ0v) is 10.5. The third-order valence-electron chi connectivity index (χ3n) is 2.40. The number of benzene rings is 1. The number of urea groups is 1. The number of aromatic hydroxyl groups is 1. The highest BCUT2D eigenvalue weighted by Crippen LogP contribution is 2.27. The number of hydrogen-bond donors (Lipinski definition) is 5. The Kier molecular flexibility index (Phi) is 5.33. The van der Waals surface area contributed by atoms with Gasteiger partial charge in [0.2, 0.25) is 5.91 Å². The number of para-hydroxylation sites is 1. The molecule has 1 aromatic carbocycles. The number of hydrogen-bond acceptors (Lipinski definition) is 4. The second-order valence-electron chi connectivity index (χ2n) is 3.96. The first-order valence-corrected chi connectivity index (χ1v) is 5.80. The van der Waals surface area contributed by atoms with E-state index in [0.29, 0.717) is 6.42 Å². The summed E-state index contributed by atoms with van der Waals surface area (Å²) in [6.45, 7) is 0.230. The van der Waals surface area contributed by atoms with Crippen molar-refractivity contribution in [3.63, 3.8) is 0 Å². The van der Waals surface area contributed by atoms with E-state index in [1.807, 2.05) is 0 Å². The third-order valence-corrected chi connectivity index (χ3v) is 2.40. The van der Waals surface area contributed by atoms with Gasteiger partial charge < -0.3 is 26.6 Å². The largest absolute Gasteiger partial charge is 0.505 e. The summed E-state index contributed by atoms with van der Waals surface area (Å²) in [4.78, 5) is 32.8. The summed E-state index contributed by atoms with van der Waals surface area (Å²) in [7, 11) is 0. The Hall–Kier alpha value is -2.77. The number of carboxylic acids is 1. The van der Waals surface area contributed by atoms with Crippen molar-refractivity contribution in [3.8, 4) is 5.75 Å². The van der Waals surface area contributed by atoms with E-state index in [9.17, 15) is 19.5 Å². The van der Waals surface area contributed by atoms with Crippen LogP contribution in [-0.4, -0.2) is 34.7 Å². The number of amides is 3. The van der Waals surface area contributed by atoms with E-state index < -0.39 is 23.7 Å². The van der Waals surface area contributed by atoms with Gasteiger partial charge in [-0.1, -0.05) is 6.07 Å². The molecule has 0 saturated heterocycles. The fourth-order valence-electron chi connectivity index (χ4n) is 1.45. The molecule has 1 aromatic rings. The Labute approximate surface area is 114 Å². The van der Waals surface area contributed by atoms with Crippen LogP contribution in [0.2, 0.25) is 0 Å². The molecule has 108 valence electrons. The van der Waals surface area contributed by atoms with Gasteiger partial charge in [-0.15, -0.1) is 0 Å². The second-order valence-corrected chi connectivity index (χ2v) is 3.96. The van der Waals surface area contributed by atoms with Crippen LogP contribution in [0, 0.1) is 0 Å². The summed E-state index contributed by atoms with van der Waals surface area (Å²) in [5.74, 6) is -2.28. The van der Waals surface area contributed by atoms with E-state index in [1.54, 1.807) is 0 Å². The van der Waals surface area contributed by atoms with Gasteiger partial charge in [-0.2, -0.15) is 0 Å². The molecule has 0 heterocycles. The van der Waals surface area contributed by atoms with E-state index in [2.05, 4.69) is 10.6 Å². The van der Waals surface area contributed by atoms with Gasteiger partial charge in [0, 0.05) is 13.0 Å². The Bertz CT molecular complexity index is 530. The average molecular weight is 281 g/mol. The number of phenols is 1. The van der Waals surface area contributed by atoms with Crippen molar-refractivity contribution in [1.29, 1.82) is 0 Å². The van der Waals surface area contributed by atoms with Gasteiger partial charge in [-0.05, 0) is 18.6 Å². The molecule has 1 rings (SSSR count). The Morgan fingerprint density at radius 3 is 2.55 bits per heavy atom. The topological polar surface area (TPSA) is 142 Å². The van der Waals surface area contributed by atoms with Crippen LogP contribution in [0.5, 0.6) is 5.75 Å². The Morgan fingerprint density at radius 1 is 1.25 bits per heavy atom. The molecule has 3 amide bonds. The molecule has 0 radical (unpaired) electrons. The molecule has 0 aliphatic carbocycles. The minimum atomic E-state index is -1.30. The first-order chi connectivity index (χ1) is 9.41. The minimum absolute atomic E-state index is 0.0164. The summed E-state index contributed by atoms with van der Waals surface area (Å²) in [5, 5.41) is 23.2. The molecule has 0 aliphatic heterocycles. The molecule has 0 unspecified atom stereocenters. The molecule has 20 heavy (non-hydrogen) atoms. The number of anilines is 1. The summed E-state index contributed by atoms with van der Waals surface area (Å²) in [5.41, 5.74) is 4.62. The van der Waals surface area contributed by atoms with Crippen LogP contribution in [0.1, 0.15) is 23.2 Å². The fourth-order valence-corrected chi connectivity index (χ4v) is 1.45. The molecule has 0 bridgehead atoms. The average Bonchev–Trinajstić information content (AvgIpc) is 2.36. The van der Waals surface area contributed by atoms with Gasteiger partial charge in [0.15, 0.2) is 5.75 Å². The van der Waals surface area contributed by atoms with Crippen molar-refractivity contribution >= 4 is 23.6 Å². The van der Waals surface area contributed by atoms with Crippen molar-refractivity contribution in [1.82, 2.24) is 5.32 Å². The molecule has 0 spiro atoms. The summed E-state index contributed by atoms with van der Waals surface area (Å²) < 4.78 is 0. The number of nitrogens with two attached hydrogens (primary N) is 1. The highest BCUT2D eigenvalue weighted by molar-refractivity contribution is 5.97. The second kappa shape index (κ2) is 6.98. The summed E-state index contributed by atoms with van der Waals surface area (Å²) in [6, 6.07) is 3.36. The van der Waals surface area contributed by atoms with Gasteiger partial charge in [-0.3, -0.25) is 4.79 Å². The van der Waals surface area contributed by atoms with Gasteiger partial charge in [0.1, 0.15) is 5.56 Å². The van der Waals surface area contributed by atoms with E-state index in [1.165, 1.54) is 18.2 Å². The van der Waals surface area contributed by atoms with Crippen LogP contribution in [0.15, 0.2) is 18.2 Å². The number of carboxylic acid groups (broad SMARTS) is 1. The van der Waals surface area contributed by atoms with Crippen LogP contribution >= 0.6 is 0 Å². The van der Waals surface area contributed by atoms with Crippen LogP contribution < -0.4 is 16.4 Å². The number of carbonyl (C=O) groups is 3. The summed E-state index contributed by atoms with van der Waals surface area (Å²) >= 11 is 0. The monoisotopic (exact) mass is 281 g/mol. The molecular formula is C12H15N3O5. The van der Waals surface area contributed by atoms with Gasteiger partial charge in [0.25, 0.3) is 0 Å². The maximum atomic E-state index is 11.5. The van der Waals surface area contributed by atoms with Gasteiger partial charge in [0.05, 0.1) is 5.69 Å². The number of carbonyl (C=O) groups excluding carboxylic acids is 2. The summed E-state index contributed by atoms with van der Waals surface area (Å²) in [6.07, 6.45) is 0.546. The molecule has 0 aromatic heterocycles. The Morgan fingerprint density at radius 2 is 1.95 bits per heavy atom. The van der Waals surface area contributed by atoms with Crippen LogP contribution in [0.4, 0.5) is 10.5 Å². The van der Waals surface area contributed by atoms with E-state index in [0.717, 1.165) is 0 Å². The smallest absolute Gasteiger partial charge is 0.339 e. The molecular weight excluding hydrogens is 266 g/mol. The molecule has 6 N–H and O–H groups in total. The number of aromatic carboxylic acids is 1. The standard InChI is InChI=1S/C12H15N3O5/c13-9(16)5-2-6-14-12(20)15-8-4-1-3-7(10(8)17)11(18)19/h1,3-4,17H,2,5-6H2,(H2,13,16)(H,18,19)(H2,14,15,20). The maximum Gasteiger partial charge on any atom is 0.339 e. The zero-order chi connectivity index (χ0) is 15.1. The highest BCUT2D eigenvalue weighted by Gasteiger charge is 2.14. The van der Waals surface area contributed by atoms with E-state index in [4.69, 9.17) is 10.8 Å². The highest BCUT2D eigenvalue weighted by atomic mass is 16.4. The predicted octanol–water partition coefficient (Wildman–Crippen LogP) is 0.477. The van der Waals surface area contributed by atoms with Crippen LogP contribution in [-0.2, 0) is 4.79 Å². The van der Waals surface area contributed by atoms with Crippen molar-refractivity contribution in [2.24, 2.45) is 5.73 Å². The first kappa shape index (κ1) is 15.3. The molecule has 0 atom stereocenters. The molecule has 8 heteroatoms. The lowest BCUT2D eigenvalue weighted by Crippen LogP contribution is -2.30. The number of primary amides is 1. The molecule has 8 nitrogen and oxygen atoms in total. The van der Waals surface area contributed by atoms with Crippen molar-refractivity contribution < 1.29 is 24.6 Å². The maximum absolute atomic E-state index is 11.5. The predicted molar refractivity (Wildman–Crippen MR) is 70.5 cm³/mol. The molecule has 0 aliphatic rings. The number of rotatable bonds is 6. The lowest BCUT2D eigenvalue weighted by molar-refractivity contribution is -0.118. The van der Waals surface area contributed by atoms with E-state index >= 15 is 0 Å². The van der Waals surface area contributed by atoms with Gasteiger partial charge in [-0.25, -0.2) is 9.59 Å². The van der Waals surface area contributed by atoms with Crippen LogP contribution in [0.25, 0.3) is 0 Å². The number of nitrogens with one attached hydrogen (secondary N) is 2. The van der Waals surface area contributed by atoms with Crippen molar-refractivity contribution in [2.75, 3.05) is 11.9 Å². The minimum Gasteiger partial charge on any atom is -0.505 e. The molecule has 0 saturated carbocycles. The van der Waals surface area contributed by atoms with E-state index in [-0.39, 0.29) is 24.2 Å². The fraction of sp³-hybridized carbons (Fsp3) is 0.250. The van der Waals surface area contributed by atoms with Crippen LogP contribution in [0.3, 0.4) is 0 Å². The third kappa shape index (κ3) is 4.48. The lowest BCUT2D eigenvalue weighted by atomic mass is 10.1. The normalized spacial score (nSPS) is 9.80. The zero-order valence-electron chi connectivity index (χ0n) is 10.5. The van der Waals surface area contributed by atoms with Gasteiger partial charge >= 0.3 is 12.0 Å². The van der Waals surface area contributed by atoms with Crippen molar-refractivity contribution in [3.05, 3.63) is 23.8 Å².